The van der Waals surface area contributed by atoms with Crippen LogP contribution in [-0.2, 0) is 6.42 Å². The maximum absolute atomic E-state index is 12.1. The number of rotatable bonds is 11. The molecule has 2 aromatic carbocycles. The summed E-state index contributed by atoms with van der Waals surface area (Å²) in [5.41, 5.74) is 3.87. The van der Waals surface area contributed by atoms with Gasteiger partial charge in [0, 0.05) is 4.83 Å². The Hall–Kier alpha value is -2.80. The first-order valence-electron chi connectivity index (χ1n) is 11.6. The summed E-state index contributed by atoms with van der Waals surface area (Å²) in [5, 5.41) is 4.74. The number of carbonyl (C=O) groups is 4. The average Bonchev–Trinajstić information content (AvgIpc) is 3.27. The Bertz CT molecular complexity index is 1110. The lowest BCUT2D eigenvalue weighted by Gasteiger charge is -2.13. The van der Waals surface area contributed by atoms with Gasteiger partial charge >= 0.3 is 0 Å². The topological polar surface area (TPSA) is 92.3 Å². The summed E-state index contributed by atoms with van der Waals surface area (Å²) < 4.78 is 0. The average molecular weight is 511 g/mol. The van der Waals surface area contributed by atoms with Crippen molar-refractivity contribution < 1.29 is 19.2 Å². The Kier molecular flexibility index (Phi) is 7.38. The molecule has 1 atom stereocenters. The third-order valence-corrected chi connectivity index (χ3v) is 7.34. The molecule has 2 N–H and O–H groups in total. The first-order chi connectivity index (χ1) is 16.0. The standard InChI is InChI=1S/C26H27BrN2O4/c27-20(17-12-9-14-19-22(17)26(33)29-24(19)31)15-7-5-3-1-2-4-6-10-16-11-8-13-18-21(16)25(32)28-23(18)30/h8-9,11-14,20H,1-7,10,15H2,(H,28,30,32)(H,29,31,33). The van der Waals surface area contributed by atoms with Crippen LogP contribution in [0.4, 0.5) is 0 Å². The zero-order valence-electron chi connectivity index (χ0n) is 18.4. The van der Waals surface area contributed by atoms with Crippen LogP contribution >= 0.6 is 15.9 Å². The lowest BCUT2D eigenvalue weighted by molar-refractivity contribution is 0.0862. The molecule has 172 valence electrons. The van der Waals surface area contributed by atoms with Gasteiger partial charge in [-0.15, -0.1) is 0 Å². The molecule has 7 heteroatoms. The first kappa shape index (κ1) is 23.4. The lowest BCUT2D eigenvalue weighted by Crippen LogP contribution is -2.20. The van der Waals surface area contributed by atoms with Crippen molar-refractivity contribution in [2.24, 2.45) is 0 Å². The van der Waals surface area contributed by atoms with Gasteiger partial charge in [-0.1, -0.05) is 78.7 Å². The highest BCUT2D eigenvalue weighted by Crippen LogP contribution is 2.34. The first-order valence-corrected chi connectivity index (χ1v) is 12.5. The Morgan fingerprint density at radius 1 is 0.636 bits per heavy atom. The van der Waals surface area contributed by atoms with E-state index in [-0.39, 0.29) is 28.5 Å². The third kappa shape index (κ3) is 5.08. The van der Waals surface area contributed by atoms with E-state index < -0.39 is 0 Å². The summed E-state index contributed by atoms with van der Waals surface area (Å²) in [6, 6.07) is 10.9. The van der Waals surface area contributed by atoms with Gasteiger partial charge in [-0.3, -0.25) is 29.8 Å². The maximum Gasteiger partial charge on any atom is 0.259 e. The minimum Gasteiger partial charge on any atom is -0.288 e. The van der Waals surface area contributed by atoms with Crippen LogP contribution < -0.4 is 10.6 Å². The number of unbranched alkanes of at least 4 members (excludes halogenated alkanes) is 6. The number of imide groups is 2. The van der Waals surface area contributed by atoms with Crippen LogP contribution in [0.15, 0.2) is 36.4 Å². The number of halogens is 1. The van der Waals surface area contributed by atoms with Gasteiger partial charge in [-0.2, -0.15) is 0 Å². The summed E-state index contributed by atoms with van der Waals surface area (Å²) in [6.07, 6.45) is 9.46. The highest BCUT2D eigenvalue weighted by Gasteiger charge is 2.31. The molecule has 4 amide bonds. The summed E-state index contributed by atoms with van der Waals surface area (Å²) in [7, 11) is 0. The molecule has 0 radical (unpaired) electrons. The van der Waals surface area contributed by atoms with E-state index in [2.05, 4.69) is 26.6 Å². The highest BCUT2D eigenvalue weighted by atomic mass is 79.9. The molecule has 0 saturated carbocycles. The number of alkyl halides is 1. The summed E-state index contributed by atoms with van der Waals surface area (Å²) >= 11 is 3.70. The largest absolute Gasteiger partial charge is 0.288 e. The lowest BCUT2D eigenvalue weighted by atomic mass is 9.96. The molecule has 0 aliphatic carbocycles. The quantitative estimate of drug-likeness (QED) is 0.245. The fourth-order valence-corrected chi connectivity index (χ4v) is 5.39. The Balaban J connectivity index is 1.13. The molecular weight excluding hydrogens is 484 g/mol. The molecule has 4 rings (SSSR count). The second-order valence-corrected chi connectivity index (χ2v) is 9.76. The van der Waals surface area contributed by atoms with Crippen molar-refractivity contribution in [1.82, 2.24) is 10.6 Å². The smallest absolute Gasteiger partial charge is 0.259 e. The number of fused-ring (bicyclic) bond motifs is 2. The minimum atomic E-state index is -0.315. The van der Waals surface area contributed by atoms with Crippen LogP contribution in [0.25, 0.3) is 0 Å². The number of benzene rings is 2. The van der Waals surface area contributed by atoms with Crippen molar-refractivity contribution in [3.05, 3.63) is 69.8 Å². The molecule has 0 bridgehead atoms. The van der Waals surface area contributed by atoms with Crippen LogP contribution in [0.3, 0.4) is 0 Å². The van der Waals surface area contributed by atoms with Gasteiger partial charge < -0.3 is 0 Å². The number of hydrogen-bond donors (Lipinski definition) is 2. The molecule has 2 heterocycles. The number of amides is 4. The second-order valence-electron chi connectivity index (χ2n) is 8.66. The molecule has 0 fully saturated rings. The van der Waals surface area contributed by atoms with Crippen molar-refractivity contribution in [3.8, 4) is 0 Å². The fraction of sp³-hybridized carbons (Fsp3) is 0.385. The van der Waals surface area contributed by atoms with Crippen molar-refractivity contribution in [1.29, 1.82) is 0 Å². The van der Waals surface area contributed by atoms with E-state index >= 15 is 0 Å². The molecule has 6 nitrogen and oxygen atoms in total. The van der Waals surface area contributed by atoms with Gasteiger partial charge in [0.25, 0.3) is 23.6 Å². The molecule has 0 aromatic heterocycles. The van der Waals surface area contributed by atoms with E-state index in [1.165, 1.54) is 0 Å². The minimum absolute atomic E-state index is 0.0563. The van der Waals surface area contributed by atoms with Gasteiger partial charge in [0.1, 0.15) is 0 Å². The van der Waals surface area contributed by atoms with E-state index in [1.807, 2.05) is 24.3 Å². The normalized spacial score (nSPS) is 15.3. The van der Waals surface area contributed by atoms with Gasteiger partial charge in [0.2, 0.25) is 0 Å². The molecule has 1 unspecified atom stereocenters. The summed E-state index contributed by atoms with van der Waals surface area (Å²) in [6.45, 7) is 0. The van der Waals surface area contributed by atoms with Crippen LogP contribution in [-0.4, -0.2) is 23.6 Å². The van der Waals surface area contributed by atoms with E-state index in [0.29, 0.717) is 22.3 Å². The van der Waals surface area contributed by atoms with Crippen LogP contribution in [0, 0.1) is 0 Å². The predicted octanol–water partition coefficient (Wildman–Crippen LogP) is 5.25. The predicted molar refractivity (Wildman–Crippen MR) is 129 cm³/mol. The fourth-order valence-electron chi connectivity index (χ4n) is 4.68. The molecule has 2 aliphatic heterocycles. The van der Waals surface area contributed by atoms with Gasteiger partial charge in [-0.05, 0) is 42.5 Å². The molecular formula is C26H27BrN2O4. The Labute approximate surface area is 201 Å². The van der Waals surface area contributed by atoms with E-state index in [4.69, 9.17) is 0 Å². The molecule has 0 saturated heterocycles. The number of carbonyl (C=O) groups excluding carboxylic acids is 4. The van der Waals surface area contributed by atoms with E-state index in [0.717, 1.165) is 68.9 Å². The van der Waals surface area contributed by atoms with Crippen molar-refractivity contribution >= 4 is 39.6 Å². The van der Waals surface area contributed by atoms with Crippen LogP contribution in [0.1, 0.15) is 109 Å². The molecule has 33 heavy (non-hydrogen) atoms. The van der Waals surface area contributed by atoms with Gasteiger partial charge in [-0.25, -0.2) is 0 Å². The number of nitrogens with one attached hydrogen (secondary N) is 2. The van der Waals surface area contributed by atoms with Crippen molar-refractivity contribution in [2.45, 2.75) is 62.6 Å². The van der Waals surface area contributed by atoms with Crippen molar-refractivity contribution in [2.75, 3.05) is 0 Å². The third-order valence-electron chi connectivity index (χ3n) is 6.39. The maximum atomic E-state index is 12.1. The second kappa shape index (κ2) is 10.4. The van der Waals surface area contributed by atoms with Crippen LogP contribution in [0.5, 0.6) is 0 Å². The van der Waals surface area contributed by atoms with Crippen LogP contribution in [0.2, 0.25) is 0 Å². The Morgan fingerprint density at radius 2 is 1.18 bits per heavy atom. The van der Waals surface area contributed by atoms with E-state index in [1.54, 1.807) is 12.1 Å². The number of aryl methyl sites for hydroxylation is 1. The van der Waals surface area contributed by atoms with Gasteiger partial charge in [0.05, 0.1) is 22.3 Å². The number of hydrogen-bond acceptors (Lipinski definition) is 4. The van der Waals surface area contributed by atoms with Gasteiger partial charge in [0.15, 0.2) is 0 Å². The monoisotopic (exact) mass is 510 g/mol. The summed E-state index contributed by atoms with van der Waals surface area (Å²) in [5.74, 6) is -1.19. The summed E-state index contributed by atoms with van der Waals surface area (Å²) in [4.78, 5) is 47.7. The Morgan fingerprint density at radius 3 is 1.88 bits per heavy atom. The molecule has 2 aromatic rings. The zero-order valence-corrected chi connectivity index (χ0v) is 20.0. The van der Waals surface area contributed by atoms with E-state index in [9.17, 15) is 19.2 Å². The molecule has 0 spiro atoms. The molecule has 2 aliphatic rings. The van der Waals surface area contributed by atoms with Crippen molar-refractivity contribution in [3.63, 3.8) is 0 Å². The highest BCUT2D eigenvalue weighted by molar-refractivity contribution is 9.09. The SMILES string of the molecule is O=C1NC(=O)c2c(CCCCCCCCCC(Br)c3cccc4c3C(=O)NC4=O)cccc21. The zero-order chi connectivity index (χ0) is 23.4.